The van der Waals surface area contributed by atoms with Crippen LogP contribution in [0.1, 0.15) is 6.42 Å². The van der Waals surface area contributed by atoms with Crippen LogP contribution in [0.5, 0.6) is 0 Å². The Morgan fingerprint density at radius 3 is 1.87 bits per heavy atom. The third-order valence-electron chi connectivity index (χ3n) is 4.78. The van der Waals surface area contributed by atoms with Gasteiger partial charge < -0.3 is 25.9 Å². The van der Waals surface area contributed by atoms with E-state index in [9.17, 15) is 0 Å². The Hall–Kier alpha value is 1.06. The van der Waals surface area contributed by atoms with Gasteiger partial charge in [-0.25, -0.2) is 0 Å². The monoisotopic (exact) mass is 528 g/mol. The Labute approximate surface area is 192 Å². The third kappa shape index (κ3) is 12.9. The molecule has 3 unspecified atom stereocenters. The second kappa shape index (κ2) is 11.0. The number of hydrogen-bond acceptors (Lipinski definition) is 6. The van der Waals surface area contributed by atoms with E-state index in [1.54, 1.807) is 0 Å². The van der Waals surface area contributed by atoms with Gasteiger partial charge in [-0.1, -0.05) is 26.2 Å². The van der Waals surface area contributed by atoms with Gasteiger partial charge in [0, 0.05) is 6.61 Å². The molecule has 3 atom stereocenters. The lowest BCUT2D eigenvalue weighted by atomic mass is 10.5. The molecule has 1 fully saturated rings. The molecule has 1 heterocycles. The molecule has 0 aromatic heterocycles. The van der Waals surface area contributed by atoms with Gasteiger partial charge >= 0.3 is 25.7 Å². The maximum atomic E-state index is 6.81. The van der Waals surface area contributed by atoms with E-state index in [2.05, 4.69) is 78.6 Å². The van der Waals surface area contributed by atoms with Crippen molar-refractivity contribution in [3.05, 3.63) is 0 Å². The smallest absolute Gasteiger partial charge is 0.315 e. The van der Waals surface area contributed by atoms with Crippen molar-refractivity contribution in [2.75, 3.05) is 19.8 Å². The maximum Gasteiger partial charge on any atom is 0.315 e. The molecule has 180 valence electrons. The summed E-state index contributed by atoms with van der Waals surface area (Å²) in [6.45, 7) is 29.4. The molecule has 1 aliphatic rings. The Kier molecular flexibility index (Phi) is 10.7. The van der Waals surface area contributed by atoms with Crippen LogP contribution in [-0.2, 0) is 25.9 Å². The zero-order valence-electron chi connectivity index (χ0n) is 21.6. The first-order valence-electron chi connectivity index (χ1n) is 11.3. The predicted molar refractivity (Wildman–Crippen MR) is 141 cm³/mol. The first-order valence-corrected chi connectivity index (χ1v) is 29.8. The quantitative estimate of drug-likeness (QED) is 0.170. The maximum absolute atomic E-state index is 6.81. The van der Waals surface area contributed by atoms with E-state index in [0.29, 0.717) is 12.7 Å². The molecule has 12 heteroatoms. The minimum atomic E-state index is -2.40. The van der Waals surface area contributed by atoms with Crippen LogP contribution in [0.3, 0.4) is 0 Å². The number of epoxide rings is 1. The van der Waals surface area contributed by atoms with Gasteiger partial charge in [-0.15, -0.1) is 0 Å². The summed E-state index contributed by atoms with van der Waals surface area (Å²) in [6.07, 6.45) is 1.26. The third-order valence-corrected chi connectivity index (χ3v) is 32.3. The molecule has 0 spiro atoms. The Balaban J connectivity index is 2.72. The lowest BCUT2D eigenvalue weighted by molar-refractivity contribution is 0.115. The highest BCUT2D eigenvalue weighted by Gasteiger charge is 2.46. The van der Waals surface area contributed by atoms with E-state index in [4.69, 9.17) is 25.9 Å². The Morgan fingerprint density at radius 1 is 0.833 bits per heavy atom. The molecule has 6 nitrogen and oxygen atoms in total. The van der Waals surface area contributed by atoms with Crippen LogP contribution in [-0.4, -0.2) is 76.1 Å². The highest BCUT2D eigenvalue weighted by atomic mass is 29.2. The summed E-state index contributed by atoms with van der Waals surface area (Å²) in [7, 11) is -11.2. The summed E-state index contributed by atoms with van der Waals surface area (Å²) in [5, 5.41) is 0. The van der Waals surface area contributed by atoms with Gasteiger partial charge in [0.25, 0.3) is 0 Å². The lowest BCUT2D eigenvalue weighted by Crippen LogP contribution is -2.59. The summed E-state index contributed by atoms with van der Waals surface area (Å²) < 4.78 is 37.7. The largest absolute Gasteiger partial charge is 0.442 e. The van der Waals surface area contributed by atoms with Gasteiger partial charge in [-0.3, -0.25) is 0 Å². The van der Waals surface area contributed by atoms with E-state index >= 15 is 0 Å². The molecule has 0 aromatic carbocycles. The van der Waals surface area contributed by atoms with Gasteiger partial charge in [-0.2, -0.15) is 0 Å². The van der Waals surface area contributed by atoms with Gasteiger partial charge in [0.1, 0.15) is 14.7 Å². The summed E-state index contributed by atoms with van der Waals surface area (Å²) >= 11 is 0. The predicted octanol–water partition coefficient (Wildman–Crippen LogP) is 4.94. The number of rotatable bonds is 15. The van der Waals surface area contributed by atoms with Gasteiger partial charge in [-0.05, 0) is 64.8 Å². The van der Waals surface area contributed by atoms with Crippen LogP contribution in [0.15, 0.2) is 0 Å². The molecule has 0 aromatic rings. The zero-order chi connectivity index (χ0) is 23.4. The molecule has 0 amide bonds. The fraction of sp³-hybridized carbons (Fsp3) is 1.00. The molecular formula is C18H48O6Si6. The van der Waals surface area contributed by atoms with Crippen LogP contribution in [0.2, 0.25) is 84.6 Å². The van der Waals surface area contributed by atoms with Crippen molar-refractivity contribution in [1.29, 1.82) is 0 Å². The highest BCUT2D eigenvalue weighted by molar-refractivity contribution is 7.30. The fourth-order valence-electron chi connectivity index (χ4n) is 3.40. The second-order valence-electron chi connectivity index (χ2n) is 11.6. The SMILES string of the molecule is C[SiH](O[Si](C)(C)O[Si](C)(C)O[Si](C)(CCCOCC1CO1)O[Si](C)(C)C)[Si](C)(C)C. The first-order chi connectivity index (χ1) is 13.3. The minimum absolute atomic E-state index is 0.317. The van der Waals surface area contributed by atoms with Crippen molar-refractivity contribution >= 4 is 50.1 Å². The van der Waals surface area contributed by atoms with Crippen molar-refractivity contribution in [1.82, 2.24) is 0 Å². The Morgan fingerprint density at radius 2 is 1.40 bits per heavy atom. The van der Waals surface area contributed by atoms with Crippen LogP contribution < -0.4 is 0 Å². The first kappa shape index (κ1) is 29.1. The summed E-state index contributed by atoms with van der Waals surface area (Å²) in [4.78, 5) is 0. The van der Waals surface area contributed by atoms with Crippen molar-refractivity contribution in [3.8, 4) is 0 Å². The van der Waals surface area contributed by atoms with Crippen molar-refractivity contribution < 1.29 is 25.9 Å². The van der Waals surface area contributed by atoms with E-state index in [1.165, 1.54) is 0 Å². The molecule has 0 radical (unpaired) electrons. The average Bonchev–Trinajstić information content (AvgIpc) is 3.24. The van der Waals surface area contributed by atoms with Crippen LogP contribution in [0.25, 0.3) is 0 Å². The zero-order valence-corrected chi connectivity index (χ0v) is 27.8. The topological polar surface area (TPSA) is 58.7 Å². The van der Waals surface area contributed by atoms with Crippen molar-refractivity contribution in [2.45, 2.75) is 97.1 Å². The van der Waals surface area contributed by atoms with E-state index < -0.39 is 50.1 Å². The average molecular weight is 529 g/mol. The normalized spacial score (nSPS) is 21.4. The van der Waals surface area contributed by atoms with Crippen LogP contribution >= 0.6 is 0 Å². The molecule has 0 aliphatic carbocycles. The van der Waals surface area contributed by atoms with E-state index in [0.717, 1.165) is 25.7 Å². The molecule has 0 bridgehead atoms. The van der Waals surface area contributed by atoms with Crippen molar-refractivity contribution in [2.24, 2.45) is 0 Å². The minimum Gasteiger partial charge on any atom is -0.442 e. The number of ether oxygens (including phenoxy) is 2. The van der Waals surface area contributed by atoms with Gasteiger partial charge in [0.05, 0.1) is 20.8 Å². The number of hydrogen-bond donors (Lipinski definition) is 0. The summed E-state index contributed by atoms with van der Waals surface area (Å²) in [6, 6.07) is 0.922. The molecule has 0 N–H and O–H groups in total. The Bertz CT molecular complexity index is 532. The van der Waals surface area contributed by atoms with E-state index in [-0.39, 0.29) is 0 Å². The molecule has 1 rings (SSSR count). The molecular weight excluding hydrogens is 481 g/mol. The van der Waals surface area contributed by atoms with Crippen LogP contribution in [0.4, 0.5) is 0 Å². The van der Waals surface area contributed by atoms with Gasteiger partial charge in [0.15, 0.2) is 8.32 Å². The lowest BCUT2D eigenvalue weighted by Gasteiger charge is -2.42. The van der Waals surface area contributed by atoms with Gasteiger partial charge in [0.2, 0.25) is 0 Å². The molecule has 0 saturated carbocycles. The van der Waals surface area contributed by atoms with Crippen molar-refractivity contribution in [3.63, 3.8) is 0 Å². The molecule has 30 heavy (non-hydrogen) atoms. The van der Waals surface area contributed by atoms with Crippen LogP contribution in [0, 0.1) is 0 Å². The fourth-order valence-corrected chi connectivity index (χ4v) is 31.3. The molecule has 1 aliphatic heterocycles. The summed E-state index contributed by atoms with van der Waals surface area (Å²) in [5.74, 6) is 0. The standard InChI is InChI=1S/C18H48O6Si6/c1-25(27(5,6)7)21-28(8,9)23-29(10,11)24-30(12,22-26(2,3)4)15-13-14-19-16-18-17-20-18/h18,25H,13-17H2,1-12H3. The highest BCUT2D eigenvalue weighted by Crippen LogP contribution is 2.28. The summed E-state index contributed by atoms with van der Waals surface area (Å²) in [5.41, 5.74) is 0. The second-order valence-corrected chi connectivity index (χ2v) is 41.2. The van der Waals surface area contributed by atoms with E-state index in [1.807, 2.05) is 0 Å². The molecule has 1 saturated heterocycles.